The topological polar surface area (TPSA) is 73.2 Å². The maximum absolute atomic E-state index is 10.2. The molecule has 1 atom stereocenters. The van der Waals surface area contributed by atoms with E-state index < -0.39 is 0 Å². The van der Waals surface area contributed by atoms with E-state index in [-0.39, 0.29) is 23.2 Å². The van der Waals surface area contributed by atoms with E-state index in [1.807, 2.05) is 12.1 Å². The summed E-state index contributed by atoms with van der Waals surface area (Å²) in [5.74, 6) is 0.326. The smallest absolute Gasteiger partial charge is 0.160 e. The van der Waals surface area contributed by atoms with E-state index in [0.717, 1.165) is 36.2 Å². The number of aromatic hydroxyl groups is 3. The zero-order valence-corrected chi connectivity index (χ0v) is 13.3. The third-order valence-electron chi connectivity index (χ3n) is 4.48. The molecule has 0 aromatic heterocycles. The molecule has 3 N–H and O–H groups in total. The first-order valence-corrected chi connectivity index (χ1v) is 7.59. The molecule has 1 heterocycles. The molecule has 2 aromatic carbocycles. The molecule has 23 heavy (non-hydrogen) atoms. The minimum atomic E-state index is -0.131. The number of nitrogens with zero attached hydrogens (tertiary/aromatic N) is 1. The number of hydrogen-bond donors (Lipinski definition) is 3. The van der Waals surface area contributed by atoms with Crippen molar-refractivity contribution in [3.05, 3.63) is 47.0 Å². The first-order valence-electron chi connectivity index (χ1n) is 7.59. The van der Waals surface area contributed by atoms with Crippen LogP contribution in [0.5, 0.6) is 23.0 Å². The van der Waals surface area contributed by atoms with Gasteiger partial charge < -0.3 is 25.0 Å². The SMILES string of the molecule is COc1cc2c(cc1O)C(c1ccc(O)c(O)c1)CN(C)CC2. The number of rotatable bonds is 2. The summed E-state index contributed by atoms with van der Waals surface area (Å²) in [6, 6.07) is 8.53. The average Bonchev–Trinajstić information content (AvgIpc) is 2.69. The van der Waals surface area contributed by atoms with Crippen LogP contribution in [0.1, 0.15) is 22.6 Å². The van der Waals surface area contributed by atoms with Gasteiger partial charge in [-0.3, -0.25) is 0 Å². The molecule has 0 amide bonds. The Morgan fingerprint density at radius 3 is 2.52 bits per heavy atom. The average molecular weight is 315 g/mol. The highest BCUT2D eigenvalue weighted by atomic mass is 16.5. The monoisotopic (exact) mass is 315 g/mol. The van der Waals surface area contributed by atoms with Crippen LogP contribution in [0.15, 0.2) is 30.3 Å². The molecule has 0 spiro atoms. The Balaban J connectivity index is 2.12. The molecule has 5 nitrogen and oxygen atoms in total. The summed E-state index contributed by atoms with van der Waals surface area (Å²) in [5.41, 5.74) is 3.05. The van der Waals surface area contributed by atoms with Crippen LogP contribution in [0.25, 0.3) is 0 Å². The summed E-state index contributed by atoms with van der Waals surface area (Å²) in [5, 5.41) is 29.5. The van der Waals surface area contributed by atoms with Gasteiger partial charge in [0.2, 0.25) is 0 Å². The van der Waals surface area contributed by atoms with Gasteiger partial charge in [-0.1, -0.05) is 6.07 Å². The van der Waals surface area contributed by atoms with Gasteiger partial charge in [0.15, 0.2) is 23.0 Å². The molecular weight excluding hydrogens is 294 g/mol. The third-order valence-corrected chi connectivity index (χ3v) is 4.48. The number of methoxy groups -OCH3 is 1. The minimum Gasteiger partial charge on any atom is -0.504 e. The number of fused-ring (bicyclic) bond motifs is 1. The fourth-order valence-corrected chi connectivity index (χ4v) is 3.19. The lowest BCUT2D eigenvalue weighted by Gasteiger charge is -2.22. The Morgan fingerprint density at radius 2 is 1.83 bits per heavy atom. The van der Waals surface area contributed by atoms with Crippen molar-refractivity contribution in [1.29, 1.82) is 0 Å². The molecule has 0 radical (unpaired) electrons. The second-order valence-corrected chi connectivity index (χ2v) is 6.04. The number of hydrogen-bond acceptors (Lipinski definition) is 5. The summed E-state index contributed by atoms with van der Waals surface area (Å²) in [4.78, 5) is 2.22. The molecule has 0 saturated carbocycles. The highest BCUT2D eigenvalue weighted by Gasteiger charge is 2.25. The van der Waals surface area contributed by atoms with Gasteiger partial charge in [0.25, 0.3) is 0 Å². The van der Waals surface area contributed by atoms with Crippen molar-refractivity contribution >= 4 is 0 Å². The maximum atomic E-state index is 10.2. The molecular formula is C18H21NO4. The van der Waals surface area contributed by atoms with Crippen LogP contribution >= 0.6 is 0 Å². The lowest BCUT2D eigenvalue weighted by molar-refractivity contribution is 0.337. The summed E-state index contributed by atoms with van der Waals surface area (Å²) in [6.07, 6.45) is 0.864. The molecule has 1 aliphatic heterocycles. The molecule has 0 aliphatic carbocycles. The third kappa shape index (κ3) is 2.92. The largest absolute Gasteiger partial charge is 0.504 e. The van der Waals surface area contributed by atoms with Gasteiger partial charge in [-0.05, 0) is 54.4 Å². The number of ether oxygens (including phenoxy) is 1. The molecule has 1 aliphatic rings. The van der Waals surface area contributed by atoms with Gasteiger partial charge in [0.1, 0.15) is 0 Å². The van der Waals surface area contributed by atoms with Crippen LogP contribution in [0.4, 0.5) is 0 Å². The molecule has 122 valence electrons. The van der Waals surface area contributed by atoms with E-state index in [1.165, 1.54) is 6.07 Å². The van der Waals surface area contributed by atoms with Crippen LogP contribution in [-0.4, -0.2) is 47.5 Å². The maximum Gasteiger partial charge on any atom is 0.160 e. The van der Waals surface area contributed by atoms with Crippen molar-refractivity contribution in [2.75, 3.05) is 27.2 Å². The van der Waals surface area contributed by atoms with Crippen LogP contribution < -0.4 is 4.74 Å². The van der Waals surface area contributed by atoms with E-state index in [0.29, 0.717) is 5.75 Å². The van der Waals surface area contributed by atoms with Crippen LogP contribution in [0, 0.1) is 0 Å². The predicted octanol–water partition coefficient (Wildman–Crippen LogP) is 2.43. The number of benzene rings is 2. The molecule has 2 aromatic rings. The zero-order chi connectivity index (χ0) is 16.6. The summed E-state index contributed by atoms with van der Waals surface area (Å²) >= 11 is 0. The quantitative estimate of drug-likeness (QED) is 0.742. The first-order chi connectivity index (χ1) is 11.0. The summed E-state index contributed by atoms with van der Waals surface area (Å²) in [7, 11) is 3.59. The predicted molar refractivity (Wildman–Crippen MR) is 87.5 cm³/mol. The zero-order valence-electron chi connectivity index (χ0n) is 13.3. The Hall–Kier alpha value is -2.40. The van der Waals surface area contributed by atoms with E-state index in [4.69, 9.17) is 4.74 Å². The second kappa shape index (κ2) is 6.01. The molecule has 3 rings (SSSR count). The standard InChI is InChI=1S/C18H21NO4/c1-19-6-5-12-8-18(23-2)17(22)9-13(12)14(10-19)11-3-4-15(20)16(21)7-11/h3-4,7-9,14,20-22H,5-6,10H2,1-2H3. The van der Waals surface area contributed by atoms with Gasteiger partial charge in [-0.25, -0.2) is 0 Å². The van der Waals surface area contributed by atoms with Crippen molar-refractivity contribution in [2.24, 2.45) is 0 Å². The molecule has 5 heteroatoms. The molecule has 0 saturated heterocycles. The molecule has 0 fully saturated rings. The lowest BCUT2D eigenvalue weighted by Crippen LogP contribution is -2.24. The van der Waals surface area contributed by atoms with Crippen molar-refractivity contribution < 1.29 is 20.1 Å². The lowest BCUT2D eigenvalue weighted by atomic mass is 9.87. The Bertz CT molecular complexity index is 729. The van der Waals surface area contributed by atoms with E-state index >= 15 is 0 Å². The van der Waals surface area contributed by atoms with E-state index in [9.17, 15) is 15.3 Å². The fourth-order valence-electron chi connectivity index (χ4n) is 3.19. The molecule has 1 unspecified atom stereocenters. The van der Waals surface area contributed by atoms with Gasteiger partial charge in [-0.15, -0.1) is 0 Å². The number of phenolic OH excluding ortho intramolecular Hbond substituents is 3. The van der Waals surface area contributed by atoms with Crippen molar-refractivity contribution in [3.8, 4) is 23.0 Å². The van der Waals surface area contributed by atoms with Crippen molar-refractivity contribution in [3.63, 3.8) is 0 Å². The fraction of sp³-hybridized carbons (Fsp3) is 0.333. The minimum absolute atomic E-state index is 0.000746. The highest BCUT2D eigenvalue weighted by Crippen LogP contribution is 2.39. The number of likely N-dealkylation sites (N-methyl/N-ethyl adjacent to an activating group) is 1. The van der Waals surface area contributed by atoms with Crippen LogP contribution in [-0.2, 0) is 6.42 Å². The van der Waals surface area contributed by atoms with Crippen molar-refractivity contribution in [1.82, 2.24) is 4.90 Å². The van der Waals surface area contributed by atoms with E-state index in [1.54, 1.807) is 19.2 Å². The van der Waals surface area contributed by atoms with Crippen LogP contribution in [0.2, 0.25) is 0 Å². The molecule has 0 bridgehead atoms. The van der Waals surface area contributed by atoms with Gasteiger partial charge in [0.05, 0.1) is 7.11 Å². The Labute approximate surface area is 135 Å². The highest BCUT2D eigenvalue weighted by molar-refractivity contribution is 5.52. The summed E-state index contributed by atoms with van der Waals surface area (Å²) in [6.45, 7) is 1.67. The Morgan fingerprint density at radius 1 is 1.04 bits per heavy atom. The summed E-state index contributed by atoms with van der Waals surface area (Å²) < 4.78 is 5.22. The normalized spacial score (nSPS) is 18.3. The van der Waals surface area contributed by atoms with Gasteiger partial charge >= 0.3 is 0 Å². The van der Waals surface area contributed by atoms with Gasteiger partial charge in [-0.2, -0.15) is 0 Å². The first kappa shape index (κ1) is 15.5. The number of phenols is 3. The van der Waals surface area contributed by atoms with Crippen LogP contribution in [0.3, 0.4) is 0 Å². The Kier molecular flexibility index (Phi) is 4.05. The van der Waals surface area contributed by atoms with Gasteiger partial charge in [0, 0.05) is 19.0 Å². The second-order valence-electron chi connectivity index (χ2n) is 6.04. The van der Waals surface area contributed by atoms with E-state index in [2.05, 4.69) is 11.9 Å². The van der Waals surface area contributed by atoms with Crippen molar-refractivity contribution in [2.45, 2.75) is 12.3 Å².